The minimum absolute atomic E-state index is 0.564. The van der Waals surface area contributed by atoms with E-state index >= 15 is 0 Å². The molecule has 0 atom stereocenters. The van der Waals surface area contributed by atoms with Gasteiger partial charge in [-0.1, -0.05) is 60.7 Å². The molecule has 0 bridgehead atoms. The van der Waals surface area contributed by atoms with Gasteiger partial charge in [-0.2, -0.15) is 4.52 Å². The van der Waals surface area contributed by atoms with Crippen molar-refractivity contribution in [1.82, 2.24) is 25.0 Å². The second-order valence-electron chi connectivity index (χ2n) is 6.16. The van der Waals surface area contributed by atoms with Crippen molar-refractivity contribution < 1.29 is 4.42 Å². The van der Waals surface area contributed by atoms with Crippen LogP contribution in [0.2, 0.25) is 0 Å². The van der Waals surface area contributed by atoms with E-state index in [1.165, 1.54) is 0 Å². The monoisotopic (exact) mass is 337 g/mol. The van der Waals surface area contributed by atoms with Crippen LogP contribution < -0.4 is 0 Å². The van der Waals surface area contributed by atoms with Crippen molar-refractivity contribution in [2.45, 2.75) is 0 Å². The molecule has 0 spiro atoms. The Labute approximate surface area is 146 Å². The maximum Gasteiger partial charge on any atom is 0.226 e. The lowest BCUT2D eigenvalue weighted by atomic mass is 10.1. The SMILES string of the molecule is c1ccc(-c2nc3c(oc4ccc5ccccc5c43)c3nnnn23)cc1. The summed E-state index contributed by atoms with van der Waals surface area (Å²) < 4.78 is 7.72. The number of nitrogens with zero attached hydrogens (tertiary/aromatic N) is 5. The van der Waals surface area contributed by atoms with E-state index in [0.29, 0.717) is 17.1 Å². The van der Waals surface area contributed by atoms with Crippen LogP contribution in [0, 0.1) is 0 Å². The molecule has 0 saturated heterocycles. The first-order valence-electron chi connectivity index (χ1n) is 8.27. The summed E-state index contributed by atoms with van der Waals surface area (Å²) in [5.74, 6) is 0.689. The molecule has 3 aromatic carbocycles. The lowest BCUT2D eigenvalue weighted by Gasteiger charge is -2.03. The fourth-order valence-corrected chi connectivity index (χ4v) is 3.51. The van der Waals surface area contributed by atoms with Gasteiger partial charge in [-0.3, -0.25) is 0 Å². The van der Waals surface area contributed by atoms with Crippen LogP contribution in [0.5, 0.6) is 0 Å². The molecule has 0 radical (unpaired) electrons. The van der Waals surface area contributed by atoms with Gasteiger partial charge in [0.05, 0.1) is 5.39 Å². The fraction of sp³-hybridized carbons (Fsp3) is 0. The number of fused-ring (bicyclic) bond motifs is 7. The van der Waals surface area contributed by atoms with Gasteiger partial charge >= 0.3 is 0 Å². The van der Waals surface area contributed by atoms with E-state index in [1.807, 2.05) is 48.5 Å². The van der Waals surface area contributed by atoms with Crippen LogP contribution >= 0.6 is 0 Å². The predicted octanol–water partition coefficient (Wildman–Crippen LogP) is 4.24. The van der Waals surface area contributed by atoms with E-state index in [1.54, 1.807) is 4.52 Å². The van der Waals surface area contributed by atoms with E-state index in [2.05, 4.69) is 33.7 Å². The highest BCUT2D eigenvalue weighted by Gasteiger charge is 2.20. The Kier molecular flexibility index (Phi) is 2.52. The standard InChI is InChI=1S/C20H11N5O/c1-2-7-13(8-3-1)19-21-17-16-14-9-5-4-6-12(14)10-11-15(16)26-18(17)20-22-23-24-25(19)20/h1-11H. The molecule has 0 aliphatic carbocycles. The molecule has 0 fully saturated rings. The highest BCUT2D eigenvalue weighted by molar-refractivity contribution is 6.19. The molecule has 0 amide bonds. The summed E-state index contributed by atoms with van der Waals surface area (Å²) in [6.45, 7) is 0. The number of aromatic nitrogens is 5. The minimum atomic E-state index is 0.564. The van der Waals surface area contributed by atoms with Crippen molar-refractivity contribution in [3.8, 4) is 11.4 Å². The highest BCUT2D eigenvalue weighted by atomic mass is 16.3. The van der Waals surface area contributed by atoms with E-state index in [4.69, 9.17) is 9.40 Å². The Morgan fingerprint density at radius 1 is 0.846 bits per heavy atom. The van der Waals surface area contributed by atoms with E-state index in [9.17, 15) is 0 Å². The Bertz CT molecular complexity index is 1430. The van der Waals surface area contributed by atoms with Crippen molar-refractivity contribution in [2.75, 3.05) is 0 Å². The molecule has 3 aromatic heterocycles. The molecule has 0 saturated carbocycles. The smallest absolute Gasteiger partial charge is 0.226 e. The Hall–Kier alpha value is -3.80. The number of tetrazole rings is 1. The zero-order valence-electron chi connectivity index (χ0n) is 13.5. The van der Waals surface area contributed by atoms with Crippen LogP contribution in [-0.4, -0.2) is 25.0 Å². The zero-order valence-corrected chi connectivity index (χ0v) is 13.5. The quantitative estimate of drug-likeness (QED) is 0.449. The third-order valence-electron chi connectivity index (χ3n) is 4.68. The first-order chi connectivity index (χ1) is 12.9. The van der Waals surface area contributed by atoms with Crippen LogP contribution in [0.3, 0.4) is 0 Å². The molecule has 0 aliphatic rings. The van der Waals surface area contributed by atoms with Crippen molar-refractivity contribution in [3.63, 3.8) is 0 Å². The van der Waals surface area contributed by atoms with Crippen molar-refractivity contribution in [1.29, 1.82) is 0 Å². The number of furan rings is 1. The van der Waals surface area contributed by atoms with Gasteiger partial charge < -0.3 is 4.42 Å². The first kappa shape index (κ1) is 13.5. The van der Waals surface area contributed by atoms with Crippen molar-refractivity contribution in [3.05, 3.63) is 66.7 Å². The molecule has 0 unspecified atom stereocenters. The van der Waals surface area contributed by atoms with Crippen LogP contribution in [0.1, 0.15) is 0 Å². The van der Waals surface area contributed by atoms with Crippen molar-refractivity contribution >= 4 is 38.5 Å². The number of hydrogen-bond donors (Lipinski definition) is 0. The predicted molar refractivity (Wildman–Crippen MR) is 98.8 cm³/mol. The maximum absolute atomic E-state index is 6.10. The topological polar surface area (TPSA) is 69.1 Å². The Morgan fingerprint density at radius 3 is 2.62 bits per heavy atom. The normalized spacial score (nSPS) is 11.8. The summed E-state index contributed by atoms with van der Waals surface area (Å²) in [6.07, 6.45) is 0. The minimum Gasteiger partial charge on any atom is -0.450 e. The highest BCUT2D eigenvalue weighted by Crippen LogP contribution is 2.36. The molecular formula is C20H11N5O. The summed E-state index contributed by atoms with van der Waals surface area (Å²) in [6, 6.07) is 22.2. The van der Waals surface area contributed by atoms with Gasteiger partial charge in [0.25, 0.3) is 0 Å². The Balaban J connectivity index is 1.87. The van der Waals surface area contributed by atoms with Gasteiger partial charge in [0.2, 0.25) is 11.2 Å². The zero-order chi connectivity index (χ0) is 17.1. The van der Waals surface area contributed by atoms with Crippen LogP contribution in [-0.2, 0) is 0 Å². The molecule has 0 aliphatic heterocycles. The molecule has 3 heterocycles. The molecule has 26 heavy (non-hydrogen) atoms. The third-order valence-corrected chi connectivity index (χ3v) is 4.68. The van der Waals surface area contributed by atoms with Gasteiger partial charge in [0.15, 0.2) is 5.82 Å². The number of benzene rings is 3. The Morgan fingerprint density at radius 2 is 1.69 bits per heavy atom. The van der Waals surface area contributed by atoms with E-state index < -0.39 is 0 Å². The number of hydrogen-bond acceptors (Lipinski definition) is 5. The maximum atomic E-state index is 6.10. The molecule has 6 nitrogen and oxygen atoms in total. The fourth-order valence-electron chi connectivity index (χ4n) is 3.51. The van der Waals surface area contributed by atoms with Gasteiger partial charge in [0, 0.05) is 5.56 Å². The average Bonchev–Trinajstić information content (AvgIpc) is 3.32. The molecule has 6 heteroatoms. The van der Waals surface area contributed by atoms with E-state index in [0.717, 1.165) is 32.8 Å². The van der Waals surface area contributed by atoms with E-state index in [-0.39, 0.29) is 0 Å². The summed E-state index contributed by atoms with van der Waals surface area (Å²) in [7, 11) is 0. The largest absolute Gasteiger partial charge is 0.450 e. The molecule has 122 valence electrons. The molecular weight excluding hydrogens is 326 g/mol. The molecule has 6 aromatic rings. The van der Waals surface area contributed by atoms with Crippen LogP contribution in [0.4, 0.5) is 0 Å². The second kappa shape index (κ2) is 4.86. The van der Waals surface area contributed by atoms with Gasteiger partial charge in [0.1, 0.15) is 11.1 Å². The van der Waals surface area contributed by atoms with Gasteiger partial charge in [-0.05, 0) is 27.3 Å². The summed E-state index contributed by atoms with van der Waals surface area (Å²) in [5, 5.41) is 15.4. The molecule has 0 N–H and O–H groups in total. The molecule has 6 rings (SSSR count). The van der Waals surface area contributed by atoms with Gasteiger partial charge in [-0.15, -0.1) is 5.10 Å². The third kappa shape index (κ3) is 1.70. The summed E-state index contributed by atoms with van der Waals surface area (Å²) in [5.41, 5.74) is 3.66. The number of rotatable bonds is 1. The average molecular weight is 337 g/mol. The summed E-state index contributed by atoms with van der Waals surface area (Å²) >= 11 is 0. The second-order valence-corrected chi connectivity index (χ2v) is 6.16. The first-order valence-corrected chi connectivity index (χ1v) is 8.27. The lowest BCUT2D eigenvalue weighted by Crippen LogP contribution is -1.98. The van der Waals surface area contributed by atoms with Crippen LogP contribution in [0.25, 0.3) is 49.9 Å². The lowest BCUT2D eigenvalue weighted by molar-refractivity contribution is 0.668. The van der Waals surface area contributed by atoms with Crippen LogP contribution in [0.15, 0.2) is 71.1 Å². The summed E-state index contributed by atoms with van der Waals surface area (Å²) in [4.78, 5) is 4.91. The van der Waals surface area contributed by atoms with Gasteiger partial charge in [-0.25, -0.2) is 4.98 Å². The van der Waals surface area contributed by atoms with Crippen molar-refractivity contribution in [2.24, 2.45) is 0 Å².